The Hall–Kier alpha value is -3.19. The van der Waals surface area contributed by atoms with Crippen molar-refractivity contribution in [1.29, 1.82) is 0 Å². The van der Waals surface area contributed by atoms with Gasteiger partial charge in [-0.2, -0.15) is 5.10 Å². The van der Waals surface area contributed by atoms with Crippen LogP contribution in [0.1, 0.15) is 26.3 Å². The molecule has 0 unspecified atom stereocenters. The first kappa shape index (κ1) is 18.2. The molecule has 0 aliphatic rings. The number of halogens is 1. The van der Waals surface area contributed by atoms with Gasteiger partial charge in [0.1, 0.15) is 0 Å². The lowest BCUT2D eigenvalue weighted by molar-refractivity contribution is -0.120. The molecule has 0 saturated carbocycles. The van der Waals surface area contributed by atoms with Crippen molar-refractivity contribution in [3.05, 3.63) is 70.2 Å². The van der Waals surface area contributed by atoms with Crippen molar-refractivity contribution < 1.29 is 19.5 Å². The Bertz CT molecular complexity index is 819. The molecular weight excluding hydrogens is 346 g/mol. The molecule has 25 heavy (non-hydrogen) atoms. The number of hydrogen-bond acceptors (Lipinski definition) is 4. The summed E-state index contributed by atoms with van der Waals surface area (Å²) in [5, 5.41) is 15.4. The van der Waals surface area contributed by atoms with Crippen molar-refractivity contribution in [1.82, 2.24) is 10.7 Å². The van der Waals surface area contributed by atoms with E-state index >= 15 is 0 Å². The number of hydrazone groups is 1. The number of aromatic carboxylic acids is 1. The highest BCUT2D eigenvalue weighted by Gasteiger charge is 2.07. The molecule has 0 aromatic heterocycles. The number of carbonyl (C=O) groups is 3. The van der Waals surface area contributed by atoms with Crippen LogP contribution in [-0.2, 0) is 4.79 Å². The van der Waals surface area contributed by atoms with Crippen LogP contribution in [-0.4, -0.2) is 35.6 Å². The van der Waals surface area contributed by atoms with E-state index < -0.39 is 17.8 Å². The molecule has 2 aromatic carbocycles. The van der Waals surface area contributed by atoms with E-state index in [9.17, 15) is 14.4 Å². The average Bonchev–Trinajstić information content (AvgIpc) is 2.60. The van der Waals surface area contributed by atoms with Crippen LogP contribution in [0.25, 0.3) is 0 Å². The molecule has 8 heteroatoms. The SMILES string of the molecule is O=C(CNC(=O)c1cccc(Cl)c1)N/N=C\c1ccc(C(=O)O)cc1. The summed E-state index contributed by atoms with van der Waals surface area (Å²) in [5.41, 5.74) is 3.39. The first-order chi connectivity index (χ1) is 12.0. The van der Waals surface area contributed by atoms with Gasteiger partial charge in [0.25, 0.3) is 11.8 Å². The Kier molecular flexibility index (Phi) is 6.25. The van der Waals surface area contributed by atoms with Crippen LogP contribution in [0.2, 0.25) is 5.02 Å². The number of hydrogen-bond donors (Lipinski definition) is 3. The molecule has 0 fully saturated rings. The number of nitrogens with one attached hydrogen (secondary N) is 2. The minimum atomic E-state index is -1.02. The third-order valence-corrected chi connectivity index (χ3v) is 3.29. The van der Waals surface area contributed by atoms with Gasteiger partial charge in [-0.15, -0.1) is 0 Å². The Balaban J connectivity index is 1.80. The van der Waals surface area contributed by atoms with Crippen LogP contribution in [0, 0.1) is 0 Å². The molecule has 0 aliphatic carbocycles. The molecule has 0 bridgehead atoms. The van der Waals surface area contributed by atoms with Crippen LogP contribution in [0.15, 0.2) is 53.6 Å². The molecule has 0 atom stereocenters. The molecule has 0 aliphatic heterocycles. The first-order valence-corrected chi connectivity index (χ1v) is 7.52. The highest BCUT2D eigenvalue weighted by Crippen LogP contribution is 2.10. The zero-order valence-corrected chi connectivity index (χ0v) is 13.7. The fourth-order valence-corrected chi connectivity index (χ4v) is 2.01. The summed E-state index contributed by atoms with van der Waals surface area (Å²) in [5.74, 6) is -1.95. The first-order valence-electron chi connectivity index (χ1n) is 7.15. The van der Waals surface area contributed by atoms with Crippen molar-refractivity contribution in [2.45, 2.75) is 0 Å². The van der Waals surface area contributed by atoms with Crippen LogP contribution >= 0.6 is 11.6 Å². The summed E-state index contributed by atoms with van der Waals surface area (Å²) in [4.78, 5) is 34.2. The maximum Gasteiger partial charge on any atom is 0.335 e. The van der Waals surface area contributed by atoms with Gasteiger partial charge in [-0.25, -0.2) is 10.2 Å². The predicted octanol–water partition coefficient (Wildman–Crippen LogP) is 1.92. The van der Waals surface area contributed by atoms with E-state index in [-0.39, 0.29) is 12.1 Å². The molecule has 128 valence electrons. The quantitative estimate of drug-likeness (QED) is 0.541. The maximum absolute atomic E-state index is 11.8. The van der Waals surface area contributed by atoms with Crippen LogP contribution in [0.5, 0.6) is 0 Å². The van der Waals surface area contributed by atoms with Gasteiger partial charge < -0.3 is 10.4 Å². The Morgan fingerprint density at radius 2 is 1.80 bits per heavy atom. The van der Waals surface area contributed by atoms with Gasteiger partial charge >= 0.3 is 5.97 Å². The molecule has 0 spiro atoms. The normalized spacial score (nSPS) is 10.4. The number of carboxylic acid groups (broad SMARTS) is 1. The van der Waals surface area contributed by atoms with E-state index in [1.807, 2.05) is 0 Å². The minimum Gasteiger partial charge on any atom is -0.478 e. The van der Waals surface area contributed by atoms with Crippen LogP contribution < -0.4 is 10.7 Å². The van der Waals surface area contributed by atoms with Crippen molar-refractivity contribution >= 4 is 35.6 Å². The zero-order chi connectivity index (χ0) is 18.2. The number of amides is 2. The van der Waals surface area contributed by atoms with Crippen LogP contribution in [0.3, 0.4) is 0 Å². The standard InChI is InChI=1S/C17H14ClN3O4/c18-14-3-1-2-13(8-14)16(23)19-10-15(22)21-20-9-11-4-6-12(7-5-11)17(24)25/h1-9H,10H2,(H,19,23)(H,21,22)(H,24,25)/b20-9-. The fourth-order valence-electron chi connectivity index (χ4n) is 1.82. The lowest BCUT2D eigenvalue weighted by atomic mass is 10.1. The number of nitrogens with zero attached hydrogens (tertiary/aromatic N) is 1. The Labute approximate surface area is 148 Å². The van der Waals surface area contributed by atoms with Gasteiger partial charge in [-0.1, -0.05) is 29.8 Å². The van der Waals surface area contributed by atoms with Gasteiger partial charge in [0.2, 0.25) is 0 Å². The smallest absolute Gasteiger partial charge is 0.335 e. The molecule has 2 amide bonds. The fraction of sp³-hybridized carbons (Fsp3) is 0.0588. The molecule has 0 radical (unpaired) electrons. The summed E-state index contributed by atoms with van der Waals surface area (Å²) < 4.78 is 0. The number of rotatable bonds is 6. The van der Waals surface area contributed by atoms with Gasteiger partial charge in [0, 0.05) is 10.6 Å². The minimum absolute atomic E-state index is 0.157. The number of benzene rings is 2. The predicted molar refractivity (Wildman–Crippen MR) is 92.9 cm³/mol. The van der Waals surface area contributed by atoms with E-state index in [4.69, 9.17) is 16.7 Å². The summed E-state index contributed by atoms with van der Waals surface area (Å²) in [7, 11) is 0. The van der Waals surface area contributed by atoms with Crippen molar-refractivity contribution in [3.8, 4) is 0 Å². The second-order valence-corrected chi connectivity index (χ2v) is 5.35. The van der Waals surface area contributed by atoms with E-state index in [2.05, 4.69) is 15.8 Å². The topological polar surface area (TPSA) is 108 Å². The molecular formula is C17H14ClN3O4. The lowest BCUT2D eigenvalue weighted by Crippen LogP contribution is -2.34. The zero-order valence-electron chi connectivity index (χ0n) is 12.9. The highest BCUT2D eigenvalue weighted by atomic mass is 35.5. The second-order valence-electron chi connectivity index (χ2n) is 4.91. The molecule has 0 heterocycles. The van der Waals surface area contributed by atoms with E-state index in [0.717, 1.165) is 0 Å². The third-order valence-electron chi connectivity index (χ3n) is 3.06. The van der Waals surface area contributed by atoms with E-state index in [0.29, 0.717) is 16.1 Å². The summed E-state index contributed by atoms with van der Waals surface area (Å²) in [6, 6.07) is 12.3. The third kappa shape index (κ3) is 5.74. The van der Waals surface area contributed by atoms with Crippen LogP contribution in [0.4, 0.5) is 0 Å². The Morgan fingerprint density at radius 1 is 1.08 bits per heavy atom. The molecule has 2 aromatic rings. The molecule has 3 N–H and O–H groups in total. The monoisotopic (exact) mass is 359 g/mol. The van der Waals surface area contributed by atoms with E-state index in [1.165, 1.54) is 24.4 Å². The molecule has 0 saturated heterocycles. The number of carbonyl (C=O) groups excluding carboxylic acids is 2. The number of carboxylic acids is 1. The summed E-state index contributed by atoms with van der Waals surface area (Å²) >= 11 is 5.79. The lowest BCUT2D eigenvalue weighted by Gasteiger charge is -2.04. The van der Waals surface area contributed by atoms with Crippen molar-refractivity contribution in [3.63, 3.8) is 0 Å². The van der Waals surface area contributed by atoms with E-state index in [1.54, 1.807) is 30.3 Å². The second kappa shape index (κ2) is 8.60. The highest BCUT2D eigenvalue weighted by molar-refractivity contribution is 6.31. The molecule has 7 nitrogen and oxygen atoms in total. The van der Waals surface area contributed by atoms with Gasteiger partial charge in [-0.05, 0) is 35.9 Å². The average molecular weight is 360 g/mol. The van der Waals surface area contributed by atoms with Crippen molar-refractivity contribution in [2.24, 2.45) is 5.10 Å². The van der Waals surface area contributed by atoms with Crippen molar-refractivity contribution in [2.75, 3.05) is 6.54 Å². The summed E-state index contributed by atoms with van der Waals surface area (Å²) in [6.45, 7) is -0.249. The maximum atomic E-state index is 11.8. The van der Waals surface area contributed by atoms with Gasteiger partial charge in [0.15, 0.2) is 0 Å². The van der Waals surface area contributed by atoms with Gasteiger partial charge in [-0.3, -0.25) is 9.59 Å². The molecule has 2 rings (SSSR count). The summed E-state index contributed by atoms with van der Waals surface area (Å²) in [6.07, 6.45) is 1.36. The van der Waals surface area contributed by atoms with Gasteiger partial charge in [0.05, 0.1) is 18.3 Å². The Morgan fingerprint density at radius 3 is 2.44 bits per heavy atom. The largest absolute Gasteiger partial charge is 0.478 e.